The normalized spacial score (nSPS) is 23.2. The lowest BCUT2D eigenvalue weighted by Crippen LogP contribution is -2.25. The van der Waals surface area contributed by atoms with Crippen molar-refractivity contribution in [1.82, 2.24) is 5.32 Å². The van der Waals surface area contributed by atoms with Crippen LogP contribution >= 0.6 is 0 Å². The molecule has 104 valence electrons. The standard InChI is InChI=1S/C16H24N2O/c1-2-10-18(9-1)15-7-5-14(6-8-15)12-17-13-16-4-3-11-19-16/h5-8,16-17H,1-4,9-13H2. The molecular weight excluding hydrogens is 236 g/mol. The van der Waals surface area contributed by atoms with Crippen LogP contribution in [0, 0.1) is 0 Å². The third-order valence-corrected chi connectivity index (χ3v) is 4.13. The van der Waals surface area contributed by atoms with Crippen molar-refractivity contribution in [2.75, 3.05) is 31.1 Å². The van der Waals surface area contributed by atoms with E-state index in [2.05, 4.69) is 34.5 Å². The zero-order valence-corrected chi connectivity index (χ0v) is 11.6. The van der Waals surface area contributed by atoms with Crippen LogP contribution in [-0.2, 0) is 11.3 Å². The highest BCUT2D eigenvalue weighted by Gasteiger charge is 2.14. The summed E-state index contributed by atoms with van der Waals surface area (Å²) in [4.78, 5) is 2.48. The zero-order valence-electron chi connectivity index (χ0n) is 11.6. The van der Waals surface area contributed by atoms with Crippen molar-refractivity contribution < 1.29 is 4.74 Å². The number of nitrogens with zero attached hydrogens (tertiary/aromatic N) is 1. The van der Waals surface area contributed by atoms with Gasteiger partial charge in [0.25, 0.3) is 0 Å². The predicted molar refractivity (Wildman–Crippen MR) is 78.6 cm³/mol. The van der Waals surface area contributed by atoms with Crippen LogP contribution in [0.1, 0.15) is 31.2 Å². The Kier molecular flexibility index (Phi) is 4.36. The molecule has 2 saturated heterocycles. The molecule has 1 aromatic rings. The molecule has 1 aromatic carbocycles. The van der Waals surface area contributed by atoms with Crippen molar-refractivity contribution >= 4 is 5.69 Å². The highest BCUT2D eigenvalue weighted by Crippen LogP contribution is 2.20. The van der Waals surface area contributed by atoms with Crippen LogP contribution in [0.15, 0.2) is 24.3 Å². The van der Waals surface area contributed by atoms with Gasteiger partial charge in [-0.25, -0.2) is 0 Å². The van der Waals surface area contributed by atoms with Crippen molar-refractivity contribution in [3.63, 3.8) is 0 Å². The van der Waals surface area contributed by atoms with E-state index >= 15 is 0 Å². The van der Waals surface area contributed by atoms with Gasteiger partial charge >= 0.3 is 0 Å². The molecule has 0 radical (unpaired) electrons. The summed E-state index contributed by atoms with van der Waals surface area (Å²) >= 11 is 0. The second kappa shape index (κ2) is 6.40. The number of hydrogen-bond donors (Lipinski definition) is 1. The Bertz CT molecular complexity index is 378. The molecule has 1 unspecified atom stereocenters. The monoisotopic (exact) mass is 260 g/mol. The average Bonchev–Trinajstić information content (AvgIpc) is 3.13. The molecule has 19 heavy (non-hydrogen) atoms. The maximum Gasteiger partial charge on any atom is 0.0700 e. The van der Waals surface area contributed by atoms with Crippen LogP contribution in [0.4, 0.5) is 5.69 Å². The zero-order chi connectivity index (χ0) is 12.9. The van der Waals surface area contributed by atoms with E-state index in [0.717, 1.165) is 19.7 Å². The second-order valence-corrected chi connectivity index (χ2v) is 5.63. The van der Waals surface area contributed by atoms with Gasteiger partial charge in [-0.05, 0) is 43.4 Å². The van der Waals surface area contributed by atoms with E-state index < -0.39 is 0 Å². The highest BCUT2D eigenvalue weighted by atomic mass is 16.5. The molecule has 3 nitrogen and oxygen atoms in total. The van der Waals surface area contributed by atoms with Crippen LogP contribution in [-0.4, -0.2) is 32.3 Å². The summed E-state index contributed by atoms with van der Waals surface area (Å²) in [6.07, 6.45) is 5.54. The maximum absolute atomic E-state index is 5.61. The summed E-state index contributed by atoms with van der Waals surface area (Å²) in [5.41, 5.74) is 2.74. The Hall–Kier alpha value is -1.06. The van der Waals surface area contributed by atoms with Crippen LogP contribution < -0.4 is 10.2 Å². The molecule has 2 aliphatic rings. The van der Waals surface area contributed by atoms with Gasteiger partial charge in [0.2, 0.25) is 0 Å². The van der Waals surface area contributed by atoms with E-state index in [4.69, 9.17) is 4.74 Å². The second-order valence-electron chi connectivity index (χ2n) is 5.63. The fourth-order valence-corrected chi connectivity index (χ4v) is 2.98. The first-order chi connectivity index (χ1) is 9.42. The van der Waals surface area contributed by atoms with Gasteiger partial charge in [-0.15, -0.1) is 0 Å². The molecule has 0 saturated carbocycles. The van der Waals surface area contributed by atoms with Crippen LogP contribution in [0.5, 0.6) is 0 Å². The maximum atomic E-state index is 5.61. The van der Waals surface area contributed by atoms with Crippen LogP contribution in [0.3, 0.4) is 0 Å². The fraction of sp³-hybridized carbons (Fsp3) is 0.625. The number of hydrogen-bond acceptors (Lipinski definition) is 3. The minimum absolute atomic E-state index is 0.434. The van der Waals surface area contributed by atoms with E-state index in [-0.39, 0.29) is 0 Å². The molecule has 2 aliphatic heterocycles. The lowest BCUT2D eigenvalue weighted by Gasteiger charge is -2.18. The first-order valence-corrected chi connectivity index (χ1v) is 7.58. The van der Waals surface area contributed by atoms with Gasteiger partial charge in [0.15, 0.2) is 0 Å². The van der Waals surface area contributed by atoms with E-state index in [1.807, 2.05) is 0 Å². The number of benzene rings is 1. The van der Waals surface area contributed by atoms with Crippen LogP contribution in [0.25, 0.3) is 0 Å². The van der Waals surface area contributed by atoms with Crippen molar-refractivity contribution in [2.24, 2.45) is 0 Å². The molecule has 2 fully saturated rings. The minimum Gasteiger partial charge on any atom is -0.377 e. The number of ether oxygens (including phenoxy) is 1. The summed E-state index contributed by atoms with van der Waals surface area (Å²) in [7, 11) is 0. The Morgan fingerprint density at radius 3 is 2.58 bits per heavy atom. The van der Waals surface area contributed by atoms with Crippen molar-refractivity contribution in [3.8, 4) is 0 Å². The van der Waals surface area contributed by atoms with Gasteiger partial charge in [-0.1, -0.05) is 12.1 Å². The van der Waals surface area contributed by atoms with Crippen molar-refractivity contribution in [2.45, 2.75) is 38.3 Å². The SMILES string of the molecule is c1cc(N2CCCC2)ccc1CNCC1CCCO1. The molecule has 0 amide bonds. The summed E-state index contributed by atoms with van der Waals surface area (Å²) in [5.74, 6) is 0. The smallest absolute Gasteiger partial charge is 0.0700 e. The van der Waals surface area contributed by atoms with E-state index in [0.29, 0.717) is 6.10 Å². The summed E-state index contributed by atoms with van der Waals surface area (Å²) < 4.78 is 5.61. The first-order valence-electron chi connectivity index (χ1n) is 7.58. The third kappa shape index (κ3) is 3.48. The first kappa shape index (κ1) is 12.9. The lowest BCUT2D eigenvalue weighted by atomic mass is 10.2. The number of nitrogens with one attached hydrogen (secondary N) is 1. The van der Waals surface area contributed by atoms with Gasteiger partial charge in [0.1, 0.15) is 0 Å². The molecule has 3 heteroatoms. The number of rotatable bonds is 5. The molecule has 0 aliphatic carbocycles. The molecule has 0 bridgehead atoms. The molecule has 3 rings (SSSR count). The Balaban J connectivity index is 1.45. The number of anilines is 1. The van der Waals surface area contributed by atoms with Gasteiger partial charge in [0.05, 0.1) is 6.10 Å². The molecule has 1 atom stereocenters. The van der Waals surface area contributed by atoms with Gasteiger partial charge in [-0.3, -0.25) is 0 Å². The molecule has 1 N–H and O–H groups in total. The fourth-order valence-electron chi connectivity index (χ4n) is 2.98. The summed E-state index contributed by atoms with van der Waals surface area (Å²) in [5, 5.41) is 3.49. The largest absolute Gasteiger partial charge is 0.377 e. The van der Waals surface area contributed by atoms with Crippen LogP contribution in [0.2, 0.25) is 0 Å². The van der Waals surface area contributed by atoms with Gasteiger partial charge < -0.3 is 15.0 Å². The molecule has 0 aromatic heterocycles. The Morgan fingerprint density at radius 2 is 1.89 bits per heavy atom. The summed E-state index contributed by atoms with van der Waals surface area (Å²) in [6.45, 7) is 5.30. The van der Waals surface area contributed by atoms with Crippen molar-refractivity contribution in [3.05, 3.63) is 29.8 Å². The van der Waals surface area contributed by atoms with Gasteiger partial charge in [0, 0.05) is 38.5 Å². The van der Waals surface area contributed by atoms with Crippen molar-refractivity contribution in [1.29, 1.82) is 0 Å². The van der Waals surface area contributed by atoms with E-state index in [9.17, 15) is 0 Å². The van der Waals surface area contributed by atoms with Gasteiger partial charge in [-0.2, -0.15) is 0 Å². The average molecular weight is 260 g/mol. The Labute approximate surface area is 115 Å². The molecule has 0 spiro atoms. The quantitative estimate of drug-likeness (QED) is 0.880. The molecular formula is C16H24N2O. The summed E-state index contributed by atoms with van der Waals surface area (Å²) in [6, 6.07) is 9.01. The van der Waals surface area contributed by atoms with E-state index in [1.54, 1.807) is 0 Å². The molecule has 2 heterocycles. The van der Waals surface area contributed by atoms with E-state index in [1.165, 1.54) is 50.0 Å². The third-order valence-electron chi connectivity index (χ3n) is 4.13. The Morgan fingerprint density at radius 1 is 1.11 bits per heavy atom. The lowest BCUT2D eigenvalue weighted by molar-refractivity contribution is 0.110. The minimum atomic E-state index is 0.434. The highest BCUT2D eigenvalue weighted by molar-refractivity contribution is 5.48. The predicted octanol–water partition coefficient (Wildman–Crippen LogP) is 2.56. The topological polar surface area (TPSA) is 24.5 Å².